The van der Waals surface area contributed by atoms with Crippen LogP contribution in [0.4, 0.5) is 0 Å². The average Bonchev–Trinajstić information content (AvgIpc) is 2.37. The molecule has 1 rings (SSSR count). The molecule has 0 radical (unpaired) electrons. The van der Waals surface area contributed by atoms with Gasteiger partial charge in [0, 0.05) is 13.6 Å². The fourth-order valence-electron chi connectivity index (χ4n) is 1.53. The highest BCUT2D eigenvalue weighted by Gasteiger charge is 2.21. The summed E-state index contributed by atoms with van der Waals surface area (Å²) in [5.74, 6) is -0.634. The summed E-state index contributed by atoms with van der Waals surface area (Å²) in [6, 6.07) is 10.8. The van der Waals surface area contributed by atoms with Gasteiger partial charge >= 0.3 is 0 Å². The Bertz CT molecular complexity index is 411. The van der Waals surface area contributed by atoms with Crippen LogP contribution >= 0.6 is 0 Å². The molecule has 0 saturated heterocycles. The van der Waals surface area contributed by atoms with E-state index < -0.39 is 12.0 Å². The lowest BCUT2D eigenvalue weighted by molar-refractivity contribution is -0.139. The van der Waals surface area contributed by atoms with Gasteiger partial charge in [-0.15, -0.1) is 0 Å². The number of aliphatic hydroxyl groups is 1. The van der Waals surface area contributed by atoms with E-state index in [0.717, 1.165) is 0 Å². The van der Waals surface area contributed by atoms with Gasteiger partial charge in [0.1, 0.15) is 0 Å². The van der Waals surface area contributed by atoms with Crippen LogP contribution in [0, 0.1) is 17.2 Å². The molecule has 90 valence electrons. The molecule has 1 aromatic rings. The van der Waals surface area contributed by atoms with Crippen LogP contribution in [0.5, 0.6) is 0 Å². The number of amides is 1. The Morgan fingerprint density at radius 1 is 1.47 bits per heavy atom. The molecule has 0 fully saturated rings. The summed E-state index contributed by atoms with van der Waals surface area (Å²) in [4.78, 5) is 13.2. The molecule has 1 amide bonds. The van der Waals surface area contributed by atoms with Crippen molar-refractivity contribution < 1.29 is 9.90 Å². The lowest BCUT2D eigenvalue weighted by atomic mass is 10.1. The smallest absolute Gasteiger partial charge is 0.255 e. The Morgan fingerprint density at radius 3 is 2.59 bits per heavy atom. The minimum atomic E-state index is -1.16. The van der Waals surface area contributed by atoms with Gasteiger partial charge in [-0.2, -0.15) is 5.26 Å². The molecular formula is C13H16N2O2. The van der Waals surface area contributed by atoms with E-state index in [2.05, 4.69) is 6.07 Å². The van der Waals surface area contributed by atoms with Crippen LogP contribution in [0.1, 0.15) is 18.6 Å². The molecule has 0 aliphatic rings. The van der Waals surface area contributed by atoms with Crippen molar-refractivity contribution in [3.8, 4) is 6.07 Å². The molecule has 2 unspecified atom stereocenters. The molecule has 0 bridgehead atoms. The zero-order valence-electron chi connectivity index (χ0n) is 10.00. The number of carbonyl (C=O) groups excluding carboxylic acids is 1. The van der Waals surface area contributed by atoms with Gasteiger partial charge in [0.15, 0.2) is 6.10 Å². The molecule has 1 aromatic carbocycles. The fraction of sp³-hybridized carbons (Fsp3) is 0.385. The minimum absolute atomic E-state index is 0.244. The maximum atomic E-state index is 11.9. The van der Waals surface area contributed by atoms with Gasteiger partial charge in [0.2, 0.25) is 0 Å². The quantitative estimate of drug-likeness (QED) is 0.852. The van der Waals surface area contributed by atoms with Crippen molar-refractivity contribution >= 4 is 5.91 Å². The first-order valence-corrected chi connectivity index (χ1v) is 5.44. The largest absolute Gasteiger partial charge is 0.378 e. The SMILES string of the molecule is CC(C#N)CN(C)C(=O)C(O)c1ccccc1. The van der Waals surface area contributed by atoms with Gasteiger partial charge in [-0.05, 0) is 12.5 Å². The molecule has 0 spiro atoms. The van der Waals surface area contributed by atoms with Crippen LogP contribution in [0.3, 0.4) is 0 Å². The number of nitriles is 1. The Hall–Kier alpha value is -1.86. The van der Waals surface area contributed by atoms with Crippen LogP contribution < -0.4 is 0 Å². The molecule has 0 heterocycles. The van der Waals surface area contributed by atoms with Crippen LogP contribution in [0.25, 0.3) is 0 Å². The second kappa shape index (κ2) is 6.02. The lowest BCUT2D eigenvalue weighted by Crippen LogP contribution is -2.34. The third-order valence-electron chi connectivity index (χ3n) is 2.49. The van der Waals surface area contributed by atoms with Crippen LogP contribution in [-0.2, 0) is 4.79 Å². The van der Waals surface area contributed by atoms with Crippen molar-refractivity contribution in [2.45, 2.75) is 13.0 Å². The monoisotopic (exact) mass is 232 g/mol. The normalized spacial score (nSPS) is 13.5. The first kappa shape index (κ1) is 13.2. The van der Waals surface area contributed by atoms with Crippen LogP contribution in [0.15, 0.2) is 30.3 Å². The zero-order valence-corrected chi connectivity index (χ0v) is 10.00. The highest BCUT2D eigenvalue weighted by Crippen LogP contribution is 2.15. The highest BCUT2D eigenvalue weighted by atomic mass is 16.3. The fourth-order valence-corrected chi connectivity index (χ4v) is 1.53. The minimum Gasteiger partial charge on any atom is -0.378 e. The maximum Gasteiger partial charge on any atom is 0.255 e. The van der Waals surface area contributed by atoms with E-state index in [1.807, 2.05) is 6.07 Å². The van der Waals surface area contributed by atoms with E-state index in [0.29, 0.717) is 12.1 Å². The molecular weight excluding hydrogens is 216 g/mol. The topological polar surface area (TPSA) is 64.3 Å². The number of likely N-dealkylation sites (N-methyl/N-ethyl adjacent to an activating group) is 1. The first-order chi connectivity index (χ1) is 8.06. The molecule has 0 aliphatic heterocycles. The average molecular weight is 232 g/mol. The van der Waals surface area contributed by atoms with E-state index in [1.165, 1.54) is 4.90 Å². The second-order valence-electron chi connectivity index (χ2n) is 4.06. The van der Waals surface area contributed by atoms with Crippen LogP contribution in [-0.4, -0.2) is 29.5 Å². The predicted octanol–water partition coefficient (Wildman–Crippen LogP) is 1.34. The Labute approximate surface area is 101 Å². The molecule has 4 nitrogen and oxygen atoms in total. The second-order valence-corrected chi connectivity index (χ2v) is 4.06. The number of benzene rings is 1. The standard InChI is InChI=1S/C13H16N2O2/c1-10(8-14)9-15(2)13(17)12(16)11-6-4-3-5-7-11/h3-7,10,12,16H,9H2,1-2H3. The van der Waals surface area contributed by atoms with Gasteiger partial charge in [0.25, 0.3) is 5.91 Å². The number of aliphatic hydroxyl groups excluding tert-OH is 1. The van der Waals surface area contributed by atoms with Gasteiger partial charge in [-0.1, -0.05) is 30.3 Å². The van der Waals surface area contributed by atoms with Crippen LogP contribution in [0.2, 0.25) is 0 Å². The molecule has 2 atom stereocenters. The highest BCUT2D eigenvalue weighted by molar-refractivity contribution is 5.81. The van der Waals surface area contributed by atoms with Gasteiger partial charge in [-0.3, -0.25) is 4.79 Å². The predicted molar refractivity (Wildman–Crippen MR) is 63.8 cm³/mol. The van der Waals surface area contributed by atoms with Crippen molar-refractivity contribution in [3.05, 3.63) is 35.9 Å². The summed E-state index contributed by atoms with van der Waals surface area (Å²) < 4.78 is 0. The zero-order chi connectivity index (χ0) is 12.8. The van der Waals surface area contributed by atoms with Gasteiger partial charge in [-0.25, -0.2) is 0 Å². The first-order valence-electron chi connectivity index (χ1n) is 5.44. The molecule has 0 saturated carbocycles. The van der Waals surface area contributed by atoms with Crippen molar-refractivity contribution in [3.63, 3.8) is 0 Å². The van der Waals surface area contributed by atoms with E-state index in [-0.39, 0.29) is 5.92 Å². The molecule has 4 heteroatoms. The number of hydrogen-bond donors (Lipinski definition) is 1. The number of carbonyl (C=O) groups is 1. The number of hydrogen-bond acceptors (Lipinski definition) is 3. The molecule has 0 aromatic heterocycles. The van der Waals surface area contributed by atoms with E-state index in [1.54, 1.807) is 38.2 Å². The molecule has 0 aliphatic carbocycles. The summed E-state index contributed by atoms with van der Waals surface area (Å²) in [6.45, 7) is 2.05. The summed E-state index contributed by atoms with van der Waals surface area (Å²) in [5, 5.41) is 18.5. The summed E-state index contributed by atoms with van der Waals surface area (Å²) in [5.41, 5.74) is 0.564. The summed E-state index contributed by atoms with van der Waals surface area (Å²) in [6.07, 6.45) is -1.16. The third-order valence-corrected chi connectivity index (χ3v) is 2.49. The summed E-state index contributed by atoms with van der Waals surface area (Å²) in [7, 11) is 1.59. The Balaban J connectivity index is 2.68. The lowest BCUT2D eigenvalue weighted by Gasteiger charge is -2.21. The maximum absolute atomic E-state index is 11.9. The van der Waals surface area contributed by atoms with E-state index >= 15 is 0 Å². The third kappa shape index (κ3) is 3.58. The van der Waals surface area contributed by atoms with Crippen molar-refractivity contribution in [1.29, 1.82) is 5.26 Å². The van der Waals surface area contributed by atoms with Crippen molar-refractivity contribution in [2.24, 2.45) is 5.92 Å². The Kier molecular flexibility index (Phi) is 4.68. The summed E-state index contributed by atoms with van der Waals surface area (Å²) >= 11 is 0. The van der Waals surface area contributed by atoms with Gasteiger partial charge in [0.05, 0.1) is 12.0 Å². The van der Waals surface area contributed by atoms with E-state index in [9.17, 15) is 9.90 Å². The van der Waals surface area contributed by atoms with Gasteiger partial charge < -0.3 is 10.0 Å². The Morgan fingerprint density at radius 2 is 2.06 bits per heavy atom. The van der Waals surface area contributed by atoms with E-state index in [4.69, 9.17) is 5.26 Å². The number of rotatable bonds is 4. The molecule has 17 heavy (non-hydrogen) atoms. The van der Waals surface area contributed by atoms with Crippen molar-refractivity contribution in [1.82, 2.24) is 4.90 Å². The molecule has 1 N–H and O–H groups in total. The van der Waals surface area contributed by atoms with Crippen molar-refractivity contribution in [2.75, 3.05) is 13.6 Å². The number of nitrogens with zero attached hydrogens (tertiary/aromatic N) is 2.